The summed E-state index contributed by atoms with van der Waals surface area (Å²) in [6, 6.07) is 2.48. The maximum absolute atomic E-state index is 5.46. The van der Waals surface area contributed by atoms with E-state index in [1.54, 1.807) is 0 Å². The van der Waals surface area contributed by atoms with Crippen molar-refractivity contribution in [2.75, 3.05) is 16.9 Å². The summed E-state index contributed by atoms with van der Waals surface area (Å²) in [5.74, 6) is 8.29. The first kappa shape index (κ1) is 12.1. The predicted molar refractivity (Wildman–Crippen MR) is 70.0 cm³/mol. The van der Waals surface area contributed by atoms with Gasteiger partial charge in [0.2, 0.25) is 0 Å². The molecule has 0 saturated carbocycles. The van der Waals surface area contributed by atoms with Crippen LogP contribution < -0.4 is 16.2 Å². The Labute approximate surface area is 102 Å². The molecule has 2 rings (SSSR count). The Balaban J connectivity index is 2.35. The van der Waals surface area contributed by atoms with E-state index in [0.29, 0.717) is 17.8 Å². The highest BCUT2D eigenvalue weighted by Gasteiger charge is 2.22. The average molecular weight is 235 g/mol. The monoisotopic (exact) mass is 235 g/mol. The Bertz CT molecular complexity index is 390. The summed E-state index contributed by atoms with van der Waals surface area (Å²) >= 11 is 0. The molecular weight excluding hydrogens is 214 g/mol. The first-order chi connectivity index (χ1) is 8.11. The van der Waals surface area contributed by atoms with Gasteiger partial charge in [-0.2, -0.15) is 0 Å². The van der Waals surface area contributed by atoms with Crippen LogP contribution in [0.3, 0.4) is 0 Å². The highest BCUT2D eigenvalue weighted by molar-refractivity contribution is 5.50. The fraction of sp³-hybridized carbons (Fsp3) is 0.667. The first-order valence-electron chi connectivity index (χ1n) is 6.24. The van der Waals surface area contributed by atoms with Gasteiger partial charge in [0.1, 0.15) is 17.5 Å². The molecule has 0 amide bonds. The van der Waals surface area contributed by atoms with Gasteiger partial charge < -0.3 is 10.3 Å². The van der Waals surface area contributed by atoms with Crippen molar-refractivity contribution < 1.29 is 0 Å². The molecule has 1 aromatic heterocycles. The highest BCUT2D eigenvalue weighted by atomic mass is 15.3. The fourth-order valence-electron chi connectivity index (χ4n) is 2.21. The van der Waals surface area contributed by atoms with E-state index in [4.69, 9.17) is 5.84 Å². The molecule has 0 spiro atoms. The molecule has 1 aliphatic rings. The van der Waals surface area contributed by atoms with Gasteiger partial charge >= 0.3 is 0 Å². The van der Waals surface area contributed by atoms with Crippen molar-refractivity contribution in [1.29, 1.82) is 0 Å². The zero-order valence-electron chi connectivity index (χ0n) is 10.8. The van der Waals surface area contributed by atoms with Crippen LogP contribution in [0.1, 0.15) is 45.4 Å². The number of anilines is 2. The summed E-state index contributed by atoms with van der Waals surface area (Å²) in [5.41, 5.74) is 2.62. The lowest BCUT2D eigenvalue weighted by Gasteiger charge is -2.23. The van der Waals surface area contributed by atoms with Crippen molar-refractivity contribution in [2.24, 2.45) is 5.84 Å². The van der Waals surface area contributed by atoms with Gasteiger partial charge in [0, 0.05) is 24.6 Å². The number of nitrogens with two attached hydrogens (primary N) is 1. The highest BCUT2D eigenvalue weighted by Crippen LogP contribution is 2.26. The summed E-state index contributed by atoms with van der Waals surface area (Å²) < 4.78 is 0. The van der Waals surface area contributed by atoms with Gasteiger partial charge in [-0.05, 0) is 19.8 Å². The SMILES string of the molecule is CC(C)c1nc(NN)cc(N2CCCC2C)n1. The number of hydrogen-bond acceptors (Lipinski definition) is 5. The number of nitrogen functional groups attached to an aromatic ring is 1. The lowest BCUT2D eigenvalue weighted by atomic mass is 10.2. The molecule has 2 heterocycles. The molecule has 1 aromatic rings. The fourth-order valence-corrected chi connectivity index (χ4v) is 2.21. The van der Waals surface area contributed by atoms with Crippen LogP contribution in [0.15, 0.2) is 6.07 Å². The summed E-state index contributed by atoms with van der Waals surface area (Å²) in [4.78, 5) is 11.3. The summed E-state index contributed by atoms with van der Waals surface area (Å²) in [6.07, 6.45) is 2.46. The molecule has 0 radical (unpaired) electrons. The second-order valence-corrected chi connectivity index (χ2v) is 4.95. The van der Waals surface area contributed by atoms with Crippen LogP contribution in [0, 0.1) is 0 Å². The van der Waals surface area contributed by atoms with Gasteiger partial charge in [0.25, 0.3) is 0 Å². The Hall–Kier alpha value is -1.36. The first-order valence-corrected chi connectivity index (χ1v) is 6.24. The van der Waals surface area contributed by atoms with Crippen molar-refractivity contribution in [3.8, 4) is 0 Å². The van der Waals surface area contributed by atoms with Crippen molar-refractivity contribution in [3.63, 3.8) is 0 Å². The van der Waals surface area contributed by atoms with E-state index >= 15 is 0 Å². The van der Waals surface area contributed by atoms with Crippen LogP contribution in [-0.2, 0) is 0 Å². The number of hydrazine groups is 1. The molecule has 0 aromatic carbocycles. The van der Waals surface area contributed by atoms with Crippen molar-refractivity contribution in [2.45, 2.75) is 45.6 Å². The van der Waals surface area contributed by atoms with Crippen LogP contribution in [0.5, 0.6) is 0 Å². The Morgan fingerprint density at radius 2 is 2.24 bits per heavy atom. The third-order valence-corrected chi connectivity index (χ3v) is 3.24. The molecular formula is C12H21N5. The number of hydrogen-bond donors (Lipinski definition) is 2. The number of nitrogens with zero attached hydrogens (tertiary/aromatic N) is 3. The molecule has 17 heavy (non-hydrogen) atoms. The predicted octanol–water partition coefficient (Wildman–Crippen LogP) is 1.87. The lowest BCUT2D eigenvalue weighted by Crippen LogP contribution is -2.28. The smallest absolute Gasteiger partial charge is 0.145 e. The second-order valence-electron chi connectivity index (χ2n) is 4.95. The minimum Gasteiger partial charge on any atom is -0.354 e. The van der Waals surface area contributed by atoms with Crippen molar-refractivity contribution in [1.82, 2.24) is 9.97 Å². The number of rotatable bonds is 3. The largest absolute Gasteiger partial charge is 0.354 e. The maximum Gasteiger partial charge on any atom is 0.145 e. The van der Waals surface area contributed by atoms with Crippen LogP contribution in [0.4, 0.5) is 11.6 Å². The van der Waals surface area contributed by atoms with Gasteiger partial charge in [-0.15, -0.1) is 0 Å². The molecule has 3 N–H and O–H groups in total. The summed E-state index contributed by atoms with van der Waals surface area (Å²) in [6.45, 7) is 7.49. The third-order valence-electron chi connectivity index (χ3n) is 3.24. The molecule has 1 atom stereocenters. The van der Waals surface area contributed by atoms with E-state index in [0.717, 1.165) is 18.2 Å². The average Bonchev–Trinajstić information content (AvgIpc) is 2.74. The van der Waals surface area contributed by atoms with Gasteiger partial charge in [-0.3, -0.25) is 0 Å². The van der Waals surface area contributed by atoms with Crippen molar-refractivity contribution >= 4 is 11.6 Å². The van der Waals surface area contributed by atoms with Gasteiger partial charge in [0.15, 0.2) is 0 Å². The van der Waals surface area contributed by atoms with E-state index in [1.807, 2.05) is 6.07 Å². The van der Waals surface area contributed by atoms with E-state index in [1.165, 1.54) is 12.8 Å². The van der Waals surface area contributed by atoms with Gasteiger partial charge in [-0.1, -0.05) is 13.8 Å². The number of nitrogens with one attached hydrogen (secondary N) is 1. The van der Waals surface area contributed by atoms with E-state index < -0.39 is 0 Å². The zero-order chi connectivity index (χ0) is 12.4. The van der Waals surface area contributed by atoms with E-state index in [9.17, 15) is 0 Å². The maximum atomic E-state index is 5.46. The third kappa shape index (κ3) is 2.49. The van der Waals surface area contributed by atoms with Gasteiger partial charge in [-0.25, -0.2) is 15.8 Å². The molecule has 94 valence electrons. The molecule has 1 saturated heterocycles. The summed E-state index contributed by atoms with van der Waals surface area (Å²) in [7, 11) is 0. The number of aromatic nitrogens is 2. The van der Waals surface area contributed by atoms with E-state index in [-0.39, 0.29) is 0 Å². The second kappa shape index (κ2) is 4.87. The van der Waals surface area contributed by atoms with Crippen LogP contribution in [-0.4, -0.2) is 22.6 Å². The Morgan fingerprint density at radius 1 is 1.47 bits per heavy atom. The van der Waals surface area contributed by atoms with Crippen LogP contribution >= 0.6 is 0 Å². The Morgan fingerprint density at radius 3 is 2.76 bits per heavy atom. The zero-order valence-corrected chi connectivity index (χ0v) is 10.8. The molecule has 0 aliphatic carbocycles. The van der Waals surface area contributed by atoms with E-state index in [2.05, 4.69) is 41.1 Å². The standard InChI is InChI=1S/C12H21N5/c1-8(2)12-14-10(16-13)7-11(15-12)17-6-4-5-9(17)3/h7-9H,4-6,13H2,1-3H3,(H,14,15,16). The van der Waals surface area contributed by atoms with Crippen molar-refractivity contribution in [3.05, 3.63) is 11.9 Å². The molecule has 1 aliphatic heterocycles. The quantitative estimate of drug-likeness (QED) is 0.618. The minimum atomic E-state index is 0.306. The lowest BCUT2D eigenvalue weighted by molar-refractivity contribution is 0.711. The Kier molecular flexibility index (Phi) is 3.47. The van der Waals surface area contributed by atoms with Crippen LogP contribution in [0.25, 0.3) is 0 Å². The molecule has 5 nitrogen and oxygen atoms in total. The molecule has 1 fully saturated rings. The normalized spacial score (nSPS) is 20.1. The minimum absolute atomic E-state index is 0.306. The molecule has 5 heteroatoms. The summed E-state index contributed by atoms with van der Waals surface area (Å²) in [5, 5.41) is 0. The molecule has 0 bridgehead atoms. The van der Waals surface area contributed by atoms with Crippen LogP contribution in [0.2, 0.25) is 0 Å². The van der Waals surface area contributed by atoms with Gasteiger partial charge in [0.05, 0.1) is 0 Å². The topological polar surface area (TPSA) is 67.1 Å². The molecule has 1 unspecified atom stereocenters.